The zero-order chi connectivity index (χ0) is 16.5. The quantitative estimate of drug-likeness (QED) is 0.743. The normalized spacial score (nSPS) is 14.6. The molecule has 0 N–H and O–H groups in total. The van der Waals surface area contributed by atoms with E-state index in [-0.39, 0.29) is 5.82 Å². The Morgan fingerprint density at radius 1 is 1.17 bits per heavy atom. The van der Waals surface area contributed by atoms with Crippen molar-refractivity contribution in [1.82, 2.24) is 24.6 Å². The molecular formula is C18H18FN5. The fourth-order valence-corrected chi connectivity index (χ4v) is 3.00. The largest absolute Gasteiger partial charge is 0.291 e. The highest BCUT2D eigenvalue weighted by Gasteiger charge is 2.20. The summed E-state index contributed by atoms with van der Waals surface area (Å²) in [4.78, 5) is 10.8. The zero-order valence-corrected chi connectivity index (χ0v) is 13.5. The molecule has 0 bridgehead atoms. The van der Waals surface area contributed by atoms with E-state index < -0.39 is 0 Å². The highest BCUT2D eigenvalue weighted by molar-refractivity contribution is 5.55. The SMILES string of the molecule is Cc1ccc(CN2CCn3nc(-c4ncccc4F)cc3C2)cn1. The van der Waals surface area contributed by atoms with Crippen molar-refractivity contribution >= 4 is 0 Å². The third-order valence-corrected chi connectivity index (χ3v) is 4.26. The molecule has 0 spiro atoms. The maximum atomic E-state index is 13.9. The molecule has 24 heavy (non-hydrogen) atoms. The first-order valence-electron chi connectivity index (χ1n) is 8.00. The van der Waals surface area contributed by atoms with Gasteiger partial charge in [-0.25, -0.2) is 4.39 Å². The molecule has 1 aliphatic heterocycles. The van der Waals surface area contributed by atoms with E-state index in [4.69, 9.17) is 0 Å². The minimum absolute atomic E-state index is 0.314. The van der Waals surface area contributed by atoms with E-state index in [2.05, 4.69) is 26.0 Å². The lowest BCUT2D eigenvalue weighted by molar-refractivity contribution is 0.205. The summed E-state index contributed by atoms with van der Waals surface area (Å²) in [5.74, 6) is -0.337. The third-order valence-electron chi connectivity index (χ3n) is 4.26. The summed E-state index contributed by atoms with van der Waals surface area (Å²) in [7, 11) is 0. The Labute approximate surface area is 139 Å². The van der Waals surface area contributed by atoms with Gasteiger partial charge in [0, 0.05) is 37.7 Å². The molecule has 0 aromatic carbocycles. The topological polar surface area (TPSA) is 46.8 Å². The van der Waals surface area contributed by atoms with Crippen LogP contribution in [0, 0.1) is 12.7 Å². The van der Waals surface area contributed by atoms with Gasteiger partial charge in [0.1, 0.15) is 11.4 Å². The average molecular weight is 323 g/mol. The molecule has 5 nitrogen and oxygen atoms in total. The van der Waals surface area contributed by atoms with Gasteiger partial charge in [-0.3, -0.25) is 19.5 Å². The van der Waals surface area contributed by atoms with Gasteiger partial charge < -0.3 is 0 Å². The van der Waals surface area contributed by atoms with Gasteiger partial charge in [-0.05, 0) is 36.8 Å². The Balaban J connectivity index is 1.53. The molecular weight excluding hydrogens is 305 g/mol. The number of hydrogen-bond acceptors (Lipinski definition) is 4. The van der Waals surface area contributed by atoms with Crippen LogP contribution in [0.5, 0.6) is 0 Å². The molecule has 0 saturated carbocycles. The number of rotatable bonds is 3. The fourth-order valence-electron chi connectivity index (χ4n) is 3.00. The summed E-state index contributed by atoms with van der Waals surface area (Å²) < 4.78 is 15.9. The van der Waals surface area contributed by atoms with Crippen LogP contribution in [0.3, 0.4) is 0 Å². The number of aryl methyl sites for hydroxylation is 1. The van der Waals surface area contributed by atoms with E-state index in [1.54, 1.807) is 12.3 Å². The van der Waals surface area contributed by atoms with Crippen LogP contribution < -0.4 is 0 Å². The summed E-state index contributed by atoms with van der Waals surface area (Å²) in [6.07, 6.45) is 3.52. The molecule has 4 rings (SSSR count). The van der Waals surface area contributed by atoms with Crippen molar-refractivity contribution in [1.29, 1.82) is 0 Å². The van der Waals surface area contributed by atoms with Crippen LogP contribution >= 0.6 is 0 Å². The van der Waals surface area contributed by atoms with Gasteiger partial charge in [0.05, 0.1) is 12.2 Å². The average Bonchev–Trinajstić information content (AvgIpc) is 3.00. The zero-order valence-electron chi connectivity index (χ0n) is 13.5. The third kappa shape index (κ3) is 2.92. The van der Waals surface area contributed by atoms with Gasteiger partial charge in [0.2, 0.25) is 0 Å². The molecule has 0 amide bonds. The summed E-state index contributed by atoms with van der Waals surface area (Å²) in [5.41, 5.74) is 4.22. The molecule has 3 aromatic rings. The van der Waals surface area contributed by atoms with Crippen molar-refractivity contribution in [2.24, 2.45) is 0 Å². The van der Waals surface area contributed by atoms with Crippen molar-refractivity contribution in [3.63, 3.8) is 0 Å². The number of fused-ring (bicyclic) bond motifs is 1. The van der Waals surface area contributed by atoms with Crippen LogP contribution in [0.4, 0.5) is 4.39 Å². The van der Waals surface area contributed by atoms with Crippen LogP contribution in [0.2, 0.25) is 0 Å². The molecule has 4 heterocycles. The van der Waals surface area contributed by atoms with E-state index >= 15 is 0 Å². The van der Waals surface area contributed by atoms with Crippen molar-refractivity contribution in [3.8, 4) is 11.4 Å². The Morgan fingerprint density at radius 2 is 2.08 bits per heavy atom. The Kier molecular flexibility index (Phi) is 3.82. The second-order valence-electron chi connectivity index (χ2n) is 6.10. The maximum absolute atomic E-state index is 13.9. The van der Waals surface area contributed by atoms with Crippen LogP contribution in [0.1, 0.15) is 17.0 Å². The molecule has 0 fully saturated rings. The number of hydrogen-bond donors (Lipinski definition) is 0. The number of halogens is 1. The predicted octanol–water partition coefficient (Wildman–Crippen LogP) is 2.80. The van der Waals surface area contributed by atoms with Gasteiger partial charge in [0.15, 0.2) is 5.82 Å². The van der Waals surface area contributed by atoms with Crippen LogP contribution in [-0.2, 0) is 19.6 Å². The van der Waals surface area contributed by atoms with E-state index in [0.717, 1.165) is 37.6 Å². The first-order chi connectivity index (χ1) is 11.7. The van der Waals surface area contributed by atoms with Crippen molar-refractivity contribution in [3.05, 3.63) is 65.5 Å². The van der Waals surface area contributed by atoms with Gasteiger partial charge in [-0.15, -0.1) is 0 Å². The summed E-state index contributed by atoms with van der Waals surface area (Å²) >= 11 is 0. The second kappa shape index (κ2) is 6.13. The molecule has 0 radical (unpaired) electrons. The standard InChI is InChI=1S/C18H18FN5/c1-13-4-5-14(10-21-13)11-23-7-8-24-15(12-23)9-17(22-24)18-16(19)3-2-6-20-18/h2-6,9-10H,7-8,11-12H2,1H3. The molecule has 3 aromatic heterocycles. The predicted molar refractivity (Wildman–Crippen MR) is 88.5 cm³/mol. The van der Waals surface area contributed by atoms with Crippen LogP contribution in [0.15, 0.2) is 42.7 Å². The van der Waals surface area contributed by atoms with E-state index in [1.807, 2.05) is 29.9 Å². The van der Waals surface area contributed by atoms with Gasteiger partial charge in [-0.2, -0.15) is 5.10 Å². The van der Waals surface area contributed by atoms with E-state index in [9.17, 15) is 4.39 Å². The summed E-state index contributed by atoms with van der Waals surface area (Å²) in [6, 6.07) is 9.09. The number of pyridine rings is 2. The number of aromatic nitrogens is 4. The first-order valence-corrected chi connectivity index (χ1v) is 8.00. The van der Waals surface area contributed by atoms with Crippen molar-refractivity contribution in [2.45, 2.75) is 26.6 Å². The Bertz CT molecular complexity index is 856. The lowest BCUT2D eigenvalue weighted by atomic mass is 10.2. The molecule has 1 aliphatic rings. The Hall–Kier alpha value is -2.60. The first kappa shape index (κ1) is 15.0. The minimum atomic E-state index is -0.337. The smallest absolute Gasteiger partial charge is 0.151 e. The lowest BCUT2D eigenvalue weighted by Crippen LogP contribution is -2.33. The summed E-state index contributed by atoms with van der Waals surface area (Å²) in [6.45, 7) is 5.33. The fraction of sp³-hybridized carbons (Fsp3) is 0.278. The Morgan fingerprint density at radius 3 is 2.88 bits per heavy atom. The van der Waals surface area contributed by atoms with Gasteiger partial charge in [0.25, 0.3) is 0 Å². The molecule has 0 atom stereocenters. The van der Waals surface area contributed by atoms with Gasteiger partial charge in [-0.1, -0.05) is 6.07 Å². The van der Waals surface area contributed by atoms with Crippen LogP contribution in [0.25, 0.3) is 11.4 Å². The van der Waals surface area contributed by atoms with E-state index in [0.29, 0.717) is 11.4 Å². The number of nitrogens with zero attached hydrogens (tertiary/aromatic N) is 5. The summed E-state index contributed by atoms with van der Waals surface area (Å²) in [5, 5.41) is 4.51. The maximum Gasteiger partial charge on any atom is 0.151 e. The lowest BCUT2D eigenvalue weighted by Gasteiger charge is -2.27. The molecule has 6 heteroatoms. The molecule has 0 unspecified atom stereocenters. The highest BCUT2D eigenvalue weighted by Crippen LogP contribution is 2.23. The highest BCUT2D eigenvalue weighted by atomic mass is 19.1. The van der Waals surface area contributed by atoms with Crippen molar-refractivity contribution < 1.29 is 4.39 Å². The molecule has 122 valence electrons. The van der Waals surface area contributed by atoms with E-state index in [1.165, 1.54) is 11.6 Å². The van der Waals surface area contributed by atoms with Crippen LogP contribution in [-0.4, -0.2) is 31.2 Å². The molecule has 0 aliphatic carbocycles. The van der Waals surface area contributed by atoms with Crippen molar-refractivity contribution in [2.75, 3.05) is 6.54 Å². The van der Waals surface area contributed by atoms with Gasteiger partial charge >= 0.3 is 0 Å². The second-order valence-corrected chi connectivity index (χ2v) is 6.10. The molecule has 0 saturated heterocycles. The monoisotopic (exact) mass is 323 g/mol. The minimum Gasteiger partial charge on any atom is -0.291 e.